The van der Waals surface area contributed by atoms with Crippen molar-refractivity contribution in [1.29, 1.82) is 0 Å². The number of carbonyl (C=O) groups is 1. The highest BCUT2D eigenvalue weighted by Gasteiger charge is 2.12. The molecule has 0 aliphatic rings. The first-order valence-corrected chi connectivity index (χ1v) is 7.83. The van der Waals surface area contributed by atoms with E-state index in [1.165, 1.54) is 0 Å². The van der Waals surface area contributed by atoms with E-state index in [4.69, 9.17) is 0 Å². The standard InChI is InChI=1S/C14H21NOS2/c1-4-18-8-7-11(3)15-14(16)13-9-12(17)6-5-10(13)2/h5-6,9,11,17H,4,7-8H2,1-3H3,(H,15,16). The largest absolute Gasteiger partial charge is 0.350 e. The summed E-state index contributed by atoms with van der Waals surface area (Å²) in [6.07, 6.45) is 1.00. The van der Waals surface area contributed by atoms with Crippen LogP contribution in [-0.2, 0) is 0 Å². The lowest BCUT2D eigenvalue weighted by molar-refractivity contribution is 0.0938. The molecule has 1 unspecified atom stereocenters. The minimum atomic E-state index is -0.00241. The van der Waals surface area contributed by atoms with Gasteiger partial charge in [0.2, 0.25) is 0 Å². The van der Waals surface area contributed by atoms with E-state index in [0.29, 0.717) is 0 Å². The maximum atomic E-state index is 12.1. The molecule has 1 rings (SSSR count). The smallest absolute Gasteiger partial charge is 0.251 e. The van der Waals surface area contributed by atoms with E-state index in [2.05, 4.69) is 24.9 Å². The molecule has 0 radical (unpaired) electrons. The fourth-order valence-electron chi connectivity index (χ4n) is 1.63. The number of aryl methyl sites for hydroxylation is 1. The van der Waals surface area contributed by atoms with Crippen LogP contribution in [0.15, 0.2) is 23.1 Å². The van der Waals surface area contributed by atoms with Gasteiger partial charge in [-0.25, -0.2) is 0 Å². The van der Waals surface area contributed by atoms with E-state index in [9.17, 15) is 4.79 Å². The maximum Gasteiger partial charge on any atom is 0.251 e. The van der Waals surface area contributed by atoms with Crippen LogP contribution < -0.4 is 5.32 Å². The molecule has 1 N–H and O–H groups in total. The monoisotopic (exact) mass is 283 g/mol. The number of amides is 1. The predicted molar refractivity (Wildman–Crippen MR) is 83.0 cm³/mol. The second-order valence-corrected chi connectivity index (χ2v) is 6.27. The third-order valence-electron chi connectivity index (χ3n) is 2.74. The zero-order valence-corrected chi connectivity index (χ0v) is 12.9. The molecule has 0 saturated heterocycles. The third kappa shape index (κ3) is 4.94. The number of hydrogen-bond acceptors (Lipinski definition) is 3. The lowest BCUT2D eigenvalue weighted by Crippen LogP contribution is -2.33. The molecule has 2 nitrogen and oxygen atoms in total. The molecule has 1 aromatic carbocycles. The fraction of sp³-hybridized carbons (Fsp3) is 0.500. The van der Waals surface area contributed by atoms with Crippen LogP contribution in [0, 0.1) is 6.92 Å². The first-order chi connectivity index (χ1) is 8.54. The average molecular weight is 283 g/mol. The number of carbonyl (C=O) groups excluding carboxylic acids is 1. The van der Waals surface area contributed by atoms with Gasteiger partial charge in [-0.05, 0) is 49.5 Å². The number of thiol groups is 1. The molecule has 0 bridgehead atoms. The lowest BCUT2D eigenvalue weighted by atomic mass is 10.1. The Bertz CT molecular complexity index is 407. The van der Waals surface area contributed by atoms with Gasteiger partial charge in [0.15, 0.2) is 0 Å². The van der Waals surface area contributed by atoms with Crippen molar-refractivity contribution in [2.75, 3.05) is 11.5 Å². The number of thioether (sulfide) groups is 1. The van der Waals surface area contributed by atoms with Gasteiger partial charge in [0.1, 0.15) is 0 Å². The van der Waals surface area contributed by atoms with Crippen LogP contribution in [0.4, 0.5) is 0 Å². The Morgan fingerprint density at radius 3 is 2.89 bits per heavy atom. The molecular weight excluding hydrogens is 262 g/mol. The number of nitrogens with one attached hydrogen (secondary N) is 1. The molecular formula is C14H21NOS2. The summed E-state index contributed by atoms with van der Waals surface area (Å²) in [6, 6.07) is 5.85. The summed E-state index contributed by atoms with van der Waals surface area (Å²) in [5, 5.41) is 3.04. The van der Waals surface area contributed by atoms with Gasteiger partial charge in [0.05, 0.1) is 0 Å². The van der Waals surface area contributed by atoms with Crippen LogP contribution in [0.25, 0.3) is 0 Å². The van der Waals surface area contributed by atoms with Gasteiger partial charge in [-0.1, -0.05) is 13.0 Å². The van der Waals surface area contributed by atoms with E-state index in [0.717, 1.165) is 33.9 Å². The third-order valence-corrected chi connectivity index (χ3v) is 3.95. The second-order valence-electron chi connectivity index (χ2n) is 4.36. The summed E-state index contributed by atoms with van der Waals surface area (Å²) >= 11 is 6.17. The van der Waals surface area contributed by atoms with Gasteiger partial charge >= 0.3 is 0 Å². The topological polar surface area (TPSA) is 29.1 Å². The highest BCUT2D eigenvalue weighted by Crippen LogP contribution is 2.14. The van der Waals surface area contributed by atoms with Gasteiger partial charge in [0, 0.05) is 16.5 Å². The van der Waals surface area contributed by atoms with E-state index >= 15 is 0 Å². The first-order valence-electron chi connectivity index (χ1n) is 6.22. The van der Waals surface area contributed by atoms with Gasteiger partial charge < -0.3 is 5.32 Å². The Morgan fingerprint density at radius 1 is 1.50 bits per heavy atom. The van der Waals surface area contributed by atoms with Gasteiger partial charge in [-0.3, -0.25) is 4.79 Å². The molecule has 18 heavy (non-hydrogen) atoms. The highest BCUT2D eigenvalue weighted by atomic mass is 32.2. The minimum Gasteiger partial charge on any atom is -0.350 e. The first kappa shape index (κ1) is 15.4. The quantitative estimate of drug-likeness (QED) is 0.617. The van der Waals surface area contributed by atoms with Crippen LogP contribution in [0.5, 0.6) is 0 Å². The molecule has 0 spiro atoms. The minimum absolute atomic E-state index is 0.00241. The normalized spacial score (nSPS) is 12.2. The summed E-state index contributed by atoms with van der Waals surface area (Å²) in [5.74, 6) is 2.21. The van der Waals surface area contributed by atoms with Crippen molar-refractivity contribution in [1.82, 2.24) is 5.32 Å². The summed E-state index contributed by atoms with van der Waals surface area (Å²) in [6.45, 7) is 6.14. The molecule has 0 aromatic heterocycles. The molecule has 0 fully saturated rings. The molecule has 0 heterocycles. The Labute approximate surface area is 119 Å². The van der Waals surface area contributed by atoms with E-state index in [1.807, 2.05) is 43.8 Å². The molecule has 1 amide bonds. The molecule has 4 heteroatoms. The van der Waals surface area contributed by atoms with Gasteiger partial charge in [-0.15, -0.1) is 12.6 Å². The molecule has 1 aromatic rings. The predicted octanol–water partition coefficient (Wildman–Crippen LogP) is 3.55. The molecule has 0 aliphatic heterocycles. The van der Waals surface area contributed by atoms with Crippen molar-refractivity contribution in [2.24, 2.45) is 0 Å². The van der Waals surface area contributed by atoms with Crippen molar-refractivity contribution in [3.8, 4) is 0 Å². The second kappa shape index (κ2) is 7.74. The van der Waals surface area contributed by atoms with E-state index in [1.54, 1.807) is 0 Å². The Balaban J connectivity index is 2.56. The van der Waals surface area contributed by atoms with E-state index in [-0.39, 0.29) is 11.9 Å². The highest BCUT2D eigenvalue weighted by molar-refractivity contribution is 7.99. The van der Waals surface area contributed by atoms with Gasteiger partial charge in [-0.2, -0.15) is 11.8 Å². The zero-order chi connectivity index (χ0) is 13.5. The Morgan fingerprint density at radius 2 is 2.22 bits per heavy atom. The number of hydrogen-bond donors (Lipinski definition) is 2. The lowest BCUT2D eigenvalue weighted by Gasteiger charge is -2.14. The molecule has 0 saturated carbocycles. The van der Waals surface area contributed by atoms with Crippen molar-refractivity contribution >= 4 is 30.3 Å². The SMILES string of the molecule is CCSCCC(C)NC(=O)c1cc(S)ccc1C. The van der Waals surface area contributed by atoms with Crippen LogP contribution >= 0.6 is 24.4 Å². The summed E-state index contributed by atoms with van der Waals surface area (Å²) in [7, 11) is 0. The van der Waals surface area contributed by atoms with Crippen LogP contribution in [-0.4, -0.2) is 23.5 Å². The van der Waals surface area contributed by atoms with Crippen LogP contribution in [0.3, 0.4) is 0 Å². The van der Waals surface area contributed by atoms with E-state index < -0.39 is 0 Å². The Kier molecular flexibility index (Phi) is 6.65. The van der Waals surface area contributed by atoms with Gasteiger partial charge in [0.25, 0.3) is 5.91 Å². The van der Waals surface area contributed by atoms with Crippen LogP contribution in [0.1, 0.15) is 36.2 Å². The maximum absolute atomic E-state index is 12.1. The van der Waals surface area contributed by atoms with Crippen molar-refractivity contribution in [3.63, 3.8) is 0 Å². The van der Waals surface area contributed by atoms with Crippen molar-refractivity contribution < 1.29 is 4.79 Å². The zero-order valence-electron chi connectivity index (χ0n) is 11.2. The molecule has 1 atom stereocenters. The van der Waals surface area contributed by atoms with Crippen molar-refractivity contribution in [3.05, 3.63) is 29.3 Å². The molecule has 0 aliphatic carbocycles. The molecule has 100 valence electrons. The average Bonchev–Trinajstić information content (AvgIpc) is 2.32. The summed E-state index contributed by atoms with van der Waals surface area (Å²) in [4.78, 5) is 12.9. The summed E-state index contributed by atoms with van der Waals surface area (Å²) in [5.41, 5.74) is 1.71. The fourth-order valence-corrected chi connectivity index (χ4v) is 2.65. The summed E-state index contributed by atoms with van der Waals surface area (Å²) < 4.78 is 0. The van der Waals surface area contributed by atoms with Crippen molar-refractivity contribution in [2.45, 2.75) is 38.1 Å². The van der Waals surface area contributed by atoms with Crippen LogP contribution in [0.2, 0.25) is 0 Å². The number of rotatable bonds is 6. The Hall–Kier alpha value is -0.610. The number of benzene rings is 1.